The van der Waals surface area contributed by atoms with Gasteiger partial charge in [0.05, 0.1) is 7.11 Å². The monoisotopic (exact) mass is 320 g/mol. The van der Waals surface area contributed by atoms with Crippen LogP contribution < -0.4 is 5.73 Å². The average molecular weight is 320 g/mol. The zero-order valence-corrected chi connectivity index (χ0v) is 13.8. The van der Waals surface area contributed by atoms with Crippen LogP contribution in [0.1, 0.15) is 32.3 Å². The van der Waals surface area contributed by atoms with Gasteiger partial charge >= 0.3 is 5.97 Å². The number of likely N-dealkylation sites (tertiary alicyclic amines) is 1. The molecule has 0 aromatic heterocycles. The molecule has 1 aliphatic rings. The Bertz CT molecular complexity index is 585. The van der Waals surface area contributed by atoms with E-state index in [-0.39, 0.29) is 17.6 Å². The molecule has 0 spiro atoms. The Morgan fingerprint density at radius 2 is 2.00 bits per heavy atom. The van der Waals surface area contributed by atoms with Crippen molar-refractivity contribution in [3.8, 4) is 5.75 Å². The summed E-state index contributed by atoms with van der Waals surface area (Å²) in [6.07, 6.45) is 0.951. The van der Waals surface area contributed by atoms with Crippen LogP contribution in [-0.4, -0.2) is 41.6 Å². The van der Waals surface area contributed by atoms with Crippen molar-refractivity contribution in [2.75, 3.05) is 13.7 Å². The molecule has 1 fully saturated rings. The van der Waals surface area contributed by atoms with Gasteiger partial charge in [-0.15, -0.1) is 0 Å². The first kappa shape index (κ1) is 17.3. The number of carbonyl (C=O) groups is 2. The van der Waals surface area contributed by atoms with E-state index in [0.29, 0.717) is 24.9 Å². The van der Waals surface area contributed by atoms with E-state index < -0.39 is 17.6 Å². The number of hydrogen-bond acceptors (Lipinski definition) is 5. The van der Waals surface area contributed by atoms with Crippen LogP contribution in [0, 0.1) is 5.92 Å². The number of esters is 1. The fraction of sp³-hybridized carbons (Fsp3) is 0.529. The standard InChI is InChI=1S/C17H24N2O4/c1-11(2)10-14(15(21)23-3)19-9-8-17(18,16(19)22)12-4-6-13(20)7-5-12/h4-7,11,14,20H,8-10,18H2,1-3H3/t14-,17-/m1/s1. The number of nitrogens with zero attached hydrogens (tertiary/aromatic N) is 1. The highest BCUT2D eigenvalue weighted by Gasteiger charge is 2.48. The van der Waals surface area contributed by atoms with Gasteiger partial charge in [0, 0.05) is 6.54 Å². The predicted octanol–water partition coefficient (Wildman–Crippen LogP) is 1.37. The average Bonchev–Trinajstić information content (AvgIpc) is 2.81. The number of benzene rings is 1. The summed E-state index contributed by atoms with van der Waals surface area (Å²) >= 11 is 0. The van der Waals surface area contributed by atoms with Crippen LogP contribution in [0.25, 0.3) is 0 Å². The predicted molar refractivity (Wildman–Crippen MR) is 85.6 cm³/mol. The molecule has 6 nitrogen and oxygen atoms in total. The number of ether oxygens (including phenoxy) is 1. The van der Waals surface area contributed by atoms with Gasteiger partial charge in [0.1, 0.15) is 17.3 Å². The number of phenolic OH excluding ortho intramolecular Hbond substituents is 1. The number of hydrogen-bond donors (Lipinski definition) is 2. The molecule has 6 heteroatoms. The second-order valence-electron chi connectivity index (χ2n) is 6.44. The molecule has 126 valence electrons. The summed E-state index contributed by atoms with van der Waals surface area (Å²) in [6, 6.07) is 5.69. The number of carbonyl (C=O) groups excluding carboxylic acids is 2. The van der Waals surface area contributed by atoms with E-state index in [1.54, 1.807) is 12.1 Å². The number of methoxy groups -OCH3 is 1. The lowest BCUT2D eigenvalue weighted by atomic mass is 9.89. The molecular weight excluding hydrogens is 296 g/mol. The number of rotatable bonds is 5. The normalized spacial score (nSPS) is 22.5. The Balaban J connectivity index is 2.28. The van der Waals surface area contributed by atoms with Crippen LogP contribution in [0.4, 0.5) is 0 Å². The minimum absolute atomic E-state index is 0.117. The van der Waals surface area contributed by atoms with Crippen molar-refractivity contribution in [3.63, 3.8) is 0 Å². The van der Waals surface area contributed by atoms with Gasteiger partial charge in [0.25, 0.3) is 0 Å². The summed E-state index contributed by atoms with van der Waals surface area (Å²) < 4.78 is 4.86. The smallest absolute Gasteiger partial charge is 0.328 e. The van der Waals surface area contributed by atoms with Gasteiger partial charge in [-0.3, -0.25) is 4.79 Å². The highest BCUT2D eigenvalue weighted by molar-refractivity contribution is 5.93. The van der Waals surface area contributed by atoms with Crippen LogP contribution in [-0.2, 0) is 19.9 Å². The molecule has 0 radical (unpaired) electrons. The Hall–Kier alpha value is -2.08. The van der Waals surface area contributed by atoms with Crippen LogP contribution in [0.5, 0.6) is 5.75 Å². The fourth-order valence-electron chi connectivity index (χ4n) is 3.02. The topological polar surface area (TPSA) is 92.9 Å². The van der Waals surface area contributed by atoms with E-state index in [9.17, 15) is 14.7 Å². The maximum absolute atomic E-state index is 12.9. The van der Waals surface area contributed by atoms with E-state index in [1.807, 2.05) is 13.8 Å². The lowest BCUT2D eigenvalue weighted by Crippen LogP contribution is -2.50. The molecule has 1 aromatic rings. The second kappa shape index (κ2) is 6.58. The molecule has 1 saturated heterocycles. The van der Waals surface area contributed by atoms with Gasteiger partial charge < -0.3 is 20.5 Å². The first-order valence-electron chi connectivity index (χ1n) is 7.77. The number of amides is 1. The van der Waals surface area contributed by atoms with Crippen LogP contribution >= 0.6 is 0 Å². The molecular formula is C17H24N2O4. The molecule has 0 aliphatic carbocycles. The van der Waals surface area contributed by atoms with E-state index in [4.69, 9.17) is 10.5 Å². The van der Waals surface area contributed by atoms with Crippen LogP contribution in [0.3, 0.4) is 0 Å². The maximum atomic E-state index is 12.9. The van der Waals surface area contributed by atoms with E-state index in [2.05, 4.69) is 0 Å². The third kappa shape index (κ3) is 3.32. The summed E-state index contributed by atoms with van der Waals surface area (Å²) in [7, 11) is 1.33. The molecule has 0 bridgehead atoms. The summed E-state index contributed by atoms with van der Waals surface area (Å²) in [5.41, 5.74) is 5.82. The van der Waals surface area contributed by atoms with E-state index in [1.165, 1.54) is 24.1 Å². The third-order valence-corrected chi connectivity index (χ3v) is 4.32. The number of nitrogens with two attached hydrogens (primary N) is 1. The Labute approximate surface area is 136 Å². The van der Waals surface area contributed by atoms with Crippen molar-refractivity contribution in [3.05, 3.63) is 29.8 Å². The number of aromatic hydroxyl groups is 1. The Morgan fingerprint density at radius 3 is 2.52 bits per heavy atom. The maximum Gasteiger partial charge on any atom is 0.328 e. The van der Waals surface area contributed by atoms with Crippen molar-refractivity contribution >= 4 is 11.9 Å². The molecule has 2 rings (SSSR count). The molecule has 2 atom stereocenters. The molecule has 0 saturated carbocycles. The largest absolute Gasteiger partial charge is 0.508 e. The molecule has 1 aromatic carbocycles. The molecule has 1 heterocycles. The zero-order valence-electron chi connectivity index (χ0n) is 13.8. The van der Waals surface area contributed by atoms with E-state index in [0.717, 1.165) is 0 Å². The summed E-state index contributed by atoms with van der Waals surface area (Å²) in [6.45, 7) is 4.39. The molecule has 1 amide bonds. The van der Waals surface area contributed by atoms with Crippen molar-refractivity contribution in [1.29, 1.82) is 0 Å². The lowest BCUT2D eigenvalue weighted by Gasteiger charge is -2.29. The van der Waals surface area contributed by atoms with Gasteiger partial charge in [0.2, 0.25) is 5.91 Å². The first-order chi connectivity index (χ1) is 10.8. The Kier molecular flexibility index (Phi) is 4.94. The minimum Gasteiger partial charge on any atom is -0.508 e. The van der Waals surface area contributed by atoms with Gasteiger partial charge in [-0.25, -0.2) is 4.79 Å². The van der Waals surface area contributed by atoms with Gasteiger partial charge in [-0.2, -0.15) is 0 Å². The third-order valence-electron chi connectivity index (χ3n) is 4.32. The lowest BCUT2D eigenvalue weighted by molar-refractivity contribution is -0.153. The van der Waals surface area contributed by atoms with Crippen LogP contribution in [0.2, 0.25) is 0 Å². The second-order valence-corrected chi connectivity index (χ2v) is 6.44. The summed E-state index contributed by atoms with van der Waals surface area (Å²) in [5, 5.41) is 9.40. The zero-order chi connectivity index (χ0) is 17.2. The van der Waals surface area contributed by atoms with Crippen molar-refractivity contribution in [2.24, 2.45) is 11.7 Å². The SMILES string of the molecule is COC(=O)[C@@H](CC(C)C)N1CC[C@@](N)(c2ccc(O)cc2)C1=O. The molecule has 0 unspecified atom stereocenters. The van der Waals surface area contributed by atoms with Gasteiger partial charge in [-0.05, 0) is 36.5 Å². The highest BCUT2D eigenvalue weighted by Crippen LogP contribution is 2.34. The quantitative estimate of drug-likeness (QED) is 0.799. The summed E-state index contributed by atoms with van der Waals surface area (Å²) in [5.74, 6) is -0.332. The Morgan fingerprint density at radius 1 is 1.39 bits per heavy atom. The van der Waals surface area contributed by atoms with Gasteiger partial charge in [0.15, 0.2) is 0 Å². The molecule has 23 heavy (non-hydrogen) atoms. The minimum atomic E-state index is -1.17. The molecule has 1 aliphatic heterocycles. The van der Waals surface area contributed by atoms with Gasteiger partial charge in [-0.1, -0.05) is 26.0 Å². The number of phenols is 1. The van der Waals surface area contributed by atoms with Crippen molar-refractivity contribution in [2.45, 2.75) is 38.3 Å². The fourth-order valence-corrected chi connectivity index (χ4v) is 3.02. The van der Waals surface area contributed by atoms with E-state index >= 15 is 0 Å². The molecule has 3 N–H and O–H groups in total. The van der Waals surface area contributed by atoms with Crippen molar-refractivity contribution in [1.82, 2.24) is 4.90 Å². The van der Waals surface area contributed by atoms with Crippen LogP contribution in [0.15, 0.2) is 24.3 Å². The van der Waals surface area contributed by atoms with Crippen molar-refractivity contribution < 1.29 is 19.4 Å². The first-order valence-corrected chi connectivity index (χ1v) is 7.77. The summed E-state index contributed by atoms with van der Waals surface area (Å²) in [4.78, 5) is 26.5. The highest BCUT2D eigenvalue weighted by atomic mass is 16.5.